The van der Waals surface area contributed by atoms with Crippen molar-refractivity contribution in [2.75, 3.05) is 0 Å². The van der Waals surface area contributed by atoms with Crippen LogP contribution in [0, 0.1) is 11.3 Å². The molecule has 0 saturated heterocycles. The van der Waals surface area contributed by atoms with E-state index in [0.717, 1.165) is 44.1 Å². The molecule has 3 atom stereocenters. The van der Waals surface area contributed by atoms with Crippen LogP contribution in [0.4, 0.5) is 0 Å². The van der Waals surface area contributed by atoms with E-state index in [9.17, 15) is 4.79 Å². The Hall–Kier alpha value is -1.61. The highest BCUT2D eigenvalue weighted by molar-refractivity contribution is 6.70. The van der Waals surface area contributed by atoms with Gasteiger partial charge in [0.1, 0.15) is 0 Å². The van der Waals surface area contributed by atoms with Gasteiger partial charge in [0.25, 0.3) is 0 Å². The van der Waals surface area contributed by atoms with Gasteiger partial charge < -0.3 is 4.43 Å². The molecule has 4 rings (SSSR count). The first-order valence-corrected chi connectivity index (χ1v) is 15.8. The third-order valence-corrected chi connectivity index (χ3v) is 8.73. The zero-order valence-electron chi connectivity index (χ0n) is 20.2. The van der Waals surface area contributed by atoms with Gasteiger partial charge in [0.2, 0.25) is 8.32 Å². The first-order chi connectivity index (χ1) is 14.7. The van der Waals surface area contributed by atoms with E-state index < -0.39 is 8.32 Å². The van der Waals surface area contributed by atoms with Gasteiger partial charge in [-0.25, -0.2) is 0 Å². The summed E-state index contributed by atoms with van der Waals surface area (Å²) in [4.78, 5) is 14.3. The molecule has 0 N–H and O–H groups in total. The first kappa shape index (κ1) is 22.6. The van der Waals surface area contributed by atoms with Gasteiger partial charge in [-0.3, -0.25) is 4.79 Å². The maximum absolute atomic E-state index is 14.3. The zero-order chi connectivity index (χ0) is 22.2. The van der Waals surface area contributed by atoms with Crippen LogP contribution >= 0.6 is 0 Å². The summed E-state index contributed by atoms with van der Waals surface area (Å²) in [7, 11) is -1.73. The normalized spacial score (nSPS) is 29.6. The van der Waals surface area contributed by atoms with E-state index in [0.29, 0.717) is 5.78 Å². The second kappa shape index (κ2) is 8.73. The fourth-order valence-electron chi connectivity index (χ4n) is 6.45. The highest BCUT2D eigenvalue weighted by Crippen LogP contribution is 2.59. The van der Waals surface area contributed by atoms with Crippen molar-refractivity contribution in [1.29, 1.82) is 0 Å². The Kier molecular flexibility index (Phi) is 6.36. The van der Waals surface area contributed by atoms with Gasteiger partial charge in [-0.15, -0.1) is 0 Å². The van der Waals surface area contributed by atoms with E-state index in [2.05, 4.69) is 63.8 Å². The minimum atomic E-state index is -1.73. The molecule has 168 valence electrons. The number of fused-ring (bicyclic) bond motifs is 1. The molecule has 0 aliphatic heterocycles. The van der Waals surface area contributed by atoms with Crippen LogP contribution < -0.4 is 0 Å². The lowest BCUT2D eigenvalue weighted by molar-refractivity contribution is -0.124. The second-order valence-corrected chi connectivity index (χ2v) is 15.7. The Balaban J connectivity index is 1.86. The monoisotopic (exact) mass is 436 g/mol. The highest BCUT2D eigenvalue weighted by Gasteiger charge is 2.52. The number of hydrogen-bond donors (Lipinski definition) is 0. The largest absolute Gasteiger partial charge is 0.547 e. The van der Waals surface area contributed by atoms with Crippen molar-refractivity contribution in [3.05, 3.63) is 58.4 Å². The molecule has 1 aromatic rings. The van der Waals surface area contributed by atoms with Gasteiger partial charge in [-0.1, -0.05) is 49.2 Å². The Bertz CT molecular complexity index is 889. The molecule has 3 heteroatoms. The third-order valence-electron chi connectivity index (χ3n) is 7.87. The van der Waals surface area contributed by atoms with Crippen molar-refractivity contribution in [3.8, 4) is 0 Å². The summed E-state index contributed by atoms with van der Waals surface area (Å²) in [6, 6.07) is 10.8. The van der Waals surface area contributed by atoms with Crippen LogP contribution in [0.5, 0.6) is 0 Å². The number of hydrogen-bond acceptors (Lipinski definition) is 2. The van der Waals surface area contributed by atoms with Crippen LogP contribution in [0.3, 0.4) is 0 Å². The fraction of sp³-hybridized carbons (Fsp3) is 0.607. The summed E-state index contributed by atoms with van der Waals surface area (Å²) in [6.45, 7) is 11.4. The van der Waals surface area contributed by atoms with E-state index in [4.69, 9.17) is 4.43 Å². The summed E-state index contributed by atoms with van der Waals surface area (Å²) in [6.07, 6.45) is 9.96. The lowest BCUT2D eigenvalue weighted by Gasteiger charge is -2.51. The Morgan fingerprint density at radius 1 is 1.00 bits per heavy atom. The molecule has 1 aromatic carbocycles. The van der Waals surface area contributed by atoms with Crippen LogP contribution in [0.1, 0.15) is 83.1 Å². The summed E-state index contributed by atoms with van der Waals surface area (Å²) in [5, 5.41) is 0. The van der Waals surface area contributed by atoms with Crippen molar-refractivity contribution in [2.24, 2.45) is 11.3 Å². The molecule has 0 radical (unpaired) electrons. The first-order valence-electron chi connectivity index (χ1n) is 12.4. The van der Waals surface area contributed by atoms with Gasteiger partial charge in [-0.05, 0) is 88.2 Å². The van der Waals surface area contributed by atoms with Crippen LogP contribution in [-0.4, -0.2) is 14.1 Å². The highest BCUT2D eigenvalue weighted by atomic mass is 28.4. The number of benzene rings is 1. The van der Waals surface area contributed by atoms with Gasteiger partial charge in [0, 0.05) is 23.7 Å². The number of Topliss-reactive ketones (excluding diaryl/α,β-unsaturated/α-hetero) is 1. The molecule has 31 heavy (non-hydrogen) atoms. The molecule has 0 spiro atoms. The van der Waals surface area contributed by atoms with Crippen LogP contribution in [0.2, 0.25) is 19.6 Å². The minimum Gasteiger partial charge on any atom is -0.547 e. The third kappa shape index (κ3) is 4.48. The van der Waals surface area contributed by atoms with Gasteiger partial charge in [-0.2, -0.15) is 0 Å². The van der Waals surface area contributed by atoms with Crippen molar-refractivity contribution in [3.63, 3.8) is 0 Å². The Morgan fingerprint density at radius 3 is 2.35 bits per heavy atom. The molecule has 0 unspecified atom stereocenters. The summed E-state index contributed by atoms with van der Waals surface area (Å²) in [5.74, 6) is 1.91. The lowest BCUT2D eigenvalue weighted by Crippen LogP contribution is -2.46. The molecule has 3 aliphatic carbocycles. The van der Waals surface area contributed by atoms with Crippen molar-refractivity contribution < 1.29 is 9.22 Å². The molecule has 0 aromatic heterocycles. The SMILES string of the molecule is CC1=C(C(=O)[C@H]2[C@H](c3ccccc3)CC(O[Si](C)(C)C)=C3CCCC[C@@]32C)CCCC1. The summed E-state index contributed by atoms with van der Waals surface area (Å²) >= 11 is 0. The molecular weight excluding hydrogens is 396 g/mol. The van der Waals surface area contributed by atoms with E-state index in [-0.39, 0.29) is 17.3 Å². The van der Waals surface area contributed by atoms with Crippen LogP contribution in [-0.2, 0) is 9.22 Å². The number of allylic oxidation sites excluding steroid dienone is 4. The summed E-state index contributed by atoms with van der Waals surface area (Å²) in [5.41, 5.74) is 5.18. The zero-order valence-corrected chi connectivity index (χ0v) is 21.2. The van der Waals surface area contributed by atoms with Crippen LogP contribution in [0.25, 0.3) is 0 Å². The van der Waals surface area contributed by atoms with Crippen molar-refractivity contribution in [1.82, 2.24) is 0 Å². The van der Waals surface area contributed by atoms with Gasteiger partial charge >= 0.3 is 0 Å². The number of rotatable bonds is 5. The molecule has 1 fully saturated rings. The van der Waals surface area contributed by atoms with E-state index >= 15 is 0 Å². The summed E-state index contributed by atoms with van der Waals surface area (Å²) < 4.78 is 6.75. The molecule has 0 amide bonds. The predicted molar refractivity (Wildman–Crippen MR) is 131 cm³/mol. The maximum atomic E-state index is 14.3. The topological polar surface area (TPSA) is 26.3 Å². The predicted octanol–water partition coefficient (Wildman–Crippen LogP) is 7.94. The fourth-order valence-corrected chi connectivity index (χ4v) is 7.40. The smallest absolute Gasteiger partial charge is 0.241 e. The molecule has 0 bridgehead atoms. The van der Waals surface area contributed by atoms with Gasteiger partial charge in [0.05, 0.1) is 5.76 Å². The number of carbonyl (C=O) groups is 1. The second-order valence-electron chi connectivity index (χ2n) is 11.3. The van der Waals surface area contributed by atoms with E-state index in [1.807, 2.05) is 0 Å². The maximum Gasteiger partial charge on any atom is 0.241 e. The van der Waals surface area contributed by atoms with E-state index in [1.165, 1.54) is 41.7 Å². The lowest BCUT2D eigenvalue weighted by atomic mass is 9.53. The van der Waals surface area contributed by atoms with Crippen molar-refractivity contribution in [2.45, 2.75) is 97.2 Å². The average Bonchev–Trinajstić information content (AvgIpc) is 2.72. The number of carbonyl (C=O) groups excluding carboxylic acids is 1. The quantitative estimate of drug-likeness (QED) is 0.438. The molecule has 0 heterocycles. The Morgan fingerprint density at radius 2 is 1.68 bits per heavy atom. The Labute approximate surface area is 190 Å². The molecule has 2 nitrogen and oxygen atoms in total. The molecule has 1 saturated carbocycles. The average molecular weight is 437 g/mol. The van der Waals surface area contributed by atoms with Crippen LogP contribution in [0.15, 0.2) is 52.8 Å². The minimum absolute atomic E-state index is 0.0298. The van der Waals surface area contributed by atoms with Crippen molar-refractivity contribution >= 4 is 14.1 Å². The number of ketones is 1. The standard InChI is InChI=1S/C28H40O2Si/c1-20-13-9-10-16-22(20)27(29)26-23(21-14-7-6-8-15-21)19-25(30-31(3,4)5)24-17-11-12-18-28(24,26)2/h6-8,14-15,23,26H,9-13,16-19H2,1-5H3/t23-,26+,28-/m0/s1. The van der Waals surface area contributed by atoms with Gasteiger partial charge in [0.15, 0.2) is 5.78 Å². The van der Waals surface area contributed by atoms with E-state index in [1.54, 1.807) is 0 Å². The molecular formula is C28H40O2Si. The molecule has 3 aliphatic rings.